The largest absolute Gasteiger partial charge is 0.481 e. The molecular formula is C14H20N2O3. The molecule has 19 heavy (non-hydrogen) atoms. The van der Waals surface area contributed by atoms with Crippen LogP contribution in [0.15, 0.2) is 18.2 Å². The Balaban J connectivity index is 2.39. The lowest BCUT2D eigenvalue weighted by atomic mass is 9.88. The third kappa shape index (κ3) is 2.78. The number of aliphatic hydroxyl groups is 1. The molecule has 1 aliphatic heterocycles. The van der Waals surface area contributed by atoms with E-state index in [2.05, 4.69) is 0 Å². The normalized spacial score (nSPS) is 20.9. The second-order valence-electron chi connectivity index (χ2n) is 4.96. The molecule has 0 fully saturated rings. The van der Waals surface area contributed by atoms with E-state index >= 15 is 0 Å². The number of carboxylic acid groups (broad SMARTS) is 1. The molecule has 1 aliphatic rings. The first-order chi connectivity index (χ1) is 9.04. The van der Waals surface area contributed by atoms with Gasteiger partial charge in [-0.25, -0.2) is 0 Å². The van der Waals surface area contributed by atoms with Crippen LogP contribution in [0.5, 0.6) is 0 Å². The molecule has 104 valence electrons. The molecule has 1 aromatic carbocycles. The molecule has 2 rings (SSSR count). The number of aliphatic hydroxyl groups excluding tert-OH is 1. The molecule has 4 N–H and O–H groups in total. The highest BCUT2D eigenvalue weighted by Crippen LogP contribution is 2.34. The topological polar surface area (TPSA) is 86.8 Å². The van der Waals surface area contributed by atoms with Gasteiger partial charge in [0.1, 0.15) is 6.23 Å². The molecule has 2 unspecified atom stereocenters. The van der Waals surface area contributed by atoms with Gasteiger partial charge in [0.05, 0.1) is 6.42 Å². The van der Waals surface area contributed by atoms with Crippen molar-refractivity contribution in [3.8, 4) is 0 Å². The maximum atomic E-state index is 11.1. The zero-order chi connectivity index (χ0) is 14.0. The lowest BCUT2D eigenvalue weighted by molar-refractivity contribution is -0.140. The number of fused-ring (bicyclic) bond motifs is 1. The Kier molecular flexibility index (Phi) is 4.19. The minimum absolute atomic E-state index is 0.0203. The fourth-order valence-electron chi connectivity index (χ4n) is 2.84. The maximum Gasteiger partial charge on any atom is 0.305 e. The molecule has 1 heterocycles. The van der Waals surface area contributed by atoms with Crippen LogP contribution in [-0.2, 0) is 11.2 Å². The van der Waals surface area contributed by atoms with Gasteiger partial charge in [0, 0.05) is 19.1 Å². The van der Waals surface area contributed by atoms with Gasteiger partial charge in [-0.1, -0.05) is 18.2 Å². The lowest BCUT2D eigenvalue weighted by Crippen LogP contribution is -2.47. The molecule has 0 bridgehead atoms. The first kappa shape index (κ1) is 14.0. The number of nitrogens with zero attached hydrogens (tertiary/aromatic N) is 1. The lowest BCUT2D eigenvalue weighted by Gasteiger charge is -2.39. The van der Waals surface area contributed by atoms with E-state index in [-0.39, 0.29) is 19.0 Å². The van der Waals surface area contributed by atoms with E-state index in [1.807, 2.05) is 25.1 Å². The van der Waals surface area contributed by atoms with Crippen molar-refractivity contribution in [3.63, 3.8) is 0 Å². The van der Waals surface area contributed by atoms with Gasteiger partial charge in [-0.2, -0.15) is 0 Å². The quantitative estimate of drug-likeness (QED) is 0.743. The molecule has 0 aromatic heterocycles. The van der Waals surface area contributed by atoms with Crippen molar-refractivity contribution in [2.75, 3.05) is 13.1 Å². The van der Waals surface area contributed by atoms with Crippen LogP contribution < -0.4 is 5.73 Å². The summed E-state index contributed by atoms with van der Waals surface area (Å²) in [6.45, 7) is 2.77. The summed E-state index contributed by atoms with van der Waals surface area (Å²) in [5, 5.41) is 19.1. The highest BCUT2D eigenvalue weighted by atomic mass is 16.4. The highest BCUT2D eigenvalue weighted by Gasteiger charge is 2.32. The Hall–Kier alpha value is -1.43. The third-order valence-electron chi connectivity index (χ3n) is 3.79. The van der Waals surface area contributed by atoms with Crippen LogP contribution in [0.25, 0.3) is 0 Å². The van der Waals surface area contributed by atoms with Crippen molar-refractivity contribution < 1.29 is 15.0 Å². The van der Waals surface area contributed by atoms with E-state index in [1.165, 1.54) is 11.1 Å². The summed E-state index contributed by atoms with van der Waals surface area (Å²) in [5.41, 5.74) is 8.89. The van der Waals surface area contributed by atoms with Crippen molar-refractivity contribution in [2.24, 2.45) is 5.73 Å². The summed E-state index contributed by atoms with van der Waals surface area (Å²) in [6, 6.07) is 5.61. The second kappa shape index (κ2) is 5.69. The van der Waals surface area contributed by atoms with Crippen LogP contribution in [-0.4, -0.2) is 40.4 Å². The van der Waals surface area contributed by atoms with Crippen LogP contribution in [0, 0.1) is 6.92 Å². The molecular weight excluding hydrogens is 244 g/mol. The van der Waals surface area contributed by atoms with Gasteiger partial charge >= 0.3 is 5.97 Å². The number of hydrogen-bond donors (Lipinski definition) is 3. The fraction of sp³-hybridized carbons (Fsp3) is 0.500. The predicted octanol–water partition coefficient (Wildman–Crippen LogP) is 0.646. The van der Waals surface area contributed by atoms with E-state index in [0.717, 1.165) is 12.0 Å². The predicted molar refractivity (Wildman–Crippen MR) is 71.6 cm³/mol. The minimum Gasteiger partial charge on any atom is -0.481 e. The minimum atomic E-state index is -0.867. The summed E-state index contributed by atoms with van der Waals surface area (Å²) >= 11 is 0. The first-order valence-corrected chi connectivity index (χ1v) is 6.48. The SMILES string of the molecule is Cc1cccc2c1CCN(C(O)CN)C2CC(=O)O. The molecule has 0 spiro atoms. The maximum absolute atomic E-state index is 11.1. The Morgan fingerprint density at radius 1 is 1.58 bits per heavy atom. The average molecular weight is 264 g/mol. The Bertz CT molecular complexity index is 476. The van der Waals surface area contributed by atoms with E-state index in [9.17, 15) is 9.90 Å². The Labute approximate surface area is 112 Å². The van der Waals surface area contributed by atoms with Crippen LogP contribution in [0.3, 0.4) is 0 Å². The molecule has 5 nitrogen and oxygen atoms in total. The summed E-state index contributed by atoms with van der Waals surface area (Å²) in [4.78, 5) is 12.9. The third-order valence-corrected chi connectivity index (χ3v) is 3.79. The van der Waals surface area contributed by atoms with Gasteiger partial charge in [0.15, 0.2) is 0 Å². The summed E-state index contributed by atoms with van der Waals surface area (Å²) in [5.74, 6) is -0.867. The monoisotopic (exact) mass is 264 g/mol. The number of rotatable bonds is 4. The molecule has 0 aliphatic carbocycles. The number of nitrogens with two attached hydrogens (primary N) is 1. The van der Waals surface area contributed by atoms with Crippen LogP contribution in [0.2, 0.25) is 0 Å². The molecule has 2 atom stereocenters. The number of carboxylic acids is 1. The Morgan fingerprint density at radius 3 is 2.95 bits per heavy atom. The van der Waals surface area contributed by atoms with E-state index < -0.39 is 12.2 Å². The number of benzene rings is 1. The standard InChI is InChI=1S/C14H20N2O3/c1-9-3-2-4-11-10(9)5-6-16(13(17)8-15)12(11)7-14(18)19/h2-4,12-13,17H,5-8,15H2,1H3,(H,18,19). The van der Waals surface area contributed by atoms with Crippen molar-refractivity contribution >= 4 is 5.97 Å². The molecule has 1 aromatic rings. The van der Waals surface area contributed by atoms with Crippen molar-refractivity contribution in [2.45, 2.75) is 32.0 Å². The summed E-state index contributed by atoms with van der Waals surface area (Å²) in [6.07, 6.45) is 0.000837. The second-order valence-corrected chi connectivity index (χ2v) is 4.96. The molecule has 0 radical (unpaired) electrons. The van der Waals surface area contributed by atoms with Crippen molar-refractivity contribution in [1.29, 1.82) is 0 Å². The number of hydrogen-bond acceptors (Lipinski definition) is 4. The van der Waals surface area contributed by atoms with Gasteiger partial charge in [0.25, 0.3) is 0 Å². The molecule has 0 amide bonds. The van der Waals surface area contributed by atoms with E-state index in [0.29, 0.717) is 6.54 Å². The van der Waals surface area contributed by atoms with E-state index in [4.69, 9.17) is 10.8 Å². The zero-order valence-electron chi connectivity index (χ0n) is 11.0. The van der Waals surface area contributed by atoms with Gasteiger partial charge in [-0.3, -0.25) is 9.69 Å². The summed E-state index contributed by atoms with van der Waals surface area (Å²) in [7, 11) is 0. The fourth-order valence-corrected chi connectivity index (χ4v) is 2.84. The average Bonchev–Trinajstić information content (AvgIpc) is 2.38. The van der Waals surface area contributed by atoms with Crippen LogP contribution in [0.4, 0.5) is 0 Å². The van der Waals surface area contributed by atoms with Gasteiger partial charge in [-0.05, 0) is 30.0 Å². The highest BCUT2D eigenvalue weighted by molar-refractivity contribution is 5.68. The number of aliphatic carboxylic acids is 1. The van der Waals surface area contributed by atoms with Gasteiger partial charge in [0.2, 0.25) is 0 Å². The molecule has 5 heteroatoms. The van der Waals surface area contributed by atoms with Gasteiger partial charge < -0.3 is 15.9 Å². The zero-order valence-corrected chi connectivity index (χ0v) is 11.0. The first-order valence-electron chi connectivity index (χ1n) is 6.48. The number of carbonyl (C=O) groups is 1. The van der Waals surface area contributed by atoms with Crippen LogP contribution in [0.1, 0.15) is 29.2 Å². The molecule has 0 saturated heterocycles. The Morgan fingerprint density at radius 2 is 2.32 bits per heavy atom. The van der Waals surface area contributed by atoms with Gasteiger partial charge in [-0.15, -0.1) is 0 Å². The smallest absolute Gasteiger partial charge is 0.305 e. The van der Waals surface area contributed by atoms with Crippen molar-refractivity contribution in [1.82, 2.24) is 4.90 Å². The van der Waals surface area contributed by atoms with Crippen molar-refractivity contribution in [3.05, 3.63) is 34.9 Å². The summed E-state index contributed by atoms with van der Waals surface area (Å²) < 4.78 is 0. The number of aryl methyl sites for hydroxylation is 1. The van der Waals surface area contributed by atoms with Crippen LogP contribution >= 0.6 is 0 Å². The molecule has 0 saturated carbocycles. The van der Waals surface area contributed by atoms with E-state index in [1.54, 1.807) is 4.90 Å².